The Morgan fingerprint density at radius 2 is 1.88 bits per heavy atom. The lowest BCUT2D eigenvalue weighted by molar-refractivity contribution is 0.0510. The van der Waals surface area contributed by atoms with Gasteiger partial charge in [0.1, 0.15) is 11.5 Å². The van der Waals surface area contributed by atoms with Crippen LogP contribution in [0.3, 0.4) is 0 Å². The molecule has 0 radical (unpaired) electrons. The van der Waals surface area contributed by atoms with E-state index in [1.54, 1.807) is 14.2 Å². The summed E-state index contributed by atoms with van der Waals surface area (Å²) in [5.41, 5.74) is 5.38. The lowest BCUT2D eigenvalue weighted by atomic mass is 9.79. The van der Waals surface area contributed by atoms with Crippen molar-refractivity contribution in [1.29, 1.82) is 0 Å². The molecular formula is C21H27NO3. The van der Waals surface area contributed by atoms with Crippen molar-refractivity contribution in [3.05, 3.63) is 53.1 Å². The topological polar surface area (TPSA) is 39.7 Å². The number of benzene rings is 2. The third kappa shape index (κ3) is 4.07. The van der Waals surface area contributed by atoms with Crippen LogP contribution in [0.5, 0.6) is 11.5 Å². The van der Waals surface area contributed by atoms with Crippen molar-refractivity contribution in [2.24, 2.45) is 0 Å². The summed E-state index contributed by atoms with van der Waals surface area (Å²) in [6.45, 7) is 3.32. The third-order valence-corrected chi connectivity index (χ3v) is 4.82. The molecule has 0 spiro atoms. The molecule has 0 bridgehead atoms. The second kappa shape index (κ2) is 8.26. The molecule has 4 nitrogen and oxygen atoms in total. The van der Waals surface area contributed by atoms with Gasteiger partial charge in [-0.05, 0) is 67.0 Å². The number of hydrogen-bond donors (Lipinski definition) is 1. The first-order valence-corrected chi connectivity index (χ1v) is 8.90. The van der Waals surface area contributed by atoms with Crippen LogP contribution in [0.1, 0.15) is 36.0 Å². The predicted octanol–water partition coefficient (Wildman–Crippen LogP) is 4.38. The van der Waals surface area contributed by atoms with Gasteiger partial charge >= 0.3 is 0 Å². The SMILES string of the molecule is CCNc1cc(OC)ccc1[C@@H]1CCc2cc(OCOC)ccc2C1. The molecule has 0 amide bonds. The maximum absolute atomic E-state index is 5.56. The van der Waals surface area contributed by atoms with Crippen LogP contribution in [0.25, 0.3) is 0 Å². The number of ether oxygens (including phenoxy) is 3. The van der Waals surface area contributed by atoms with E-state index in [4.69, 9.17) is 14.2 Å². The number of aryl methyl sites for hydroxylation is 1. The van der Waals surface area contributed by atoms with Crippen molar-refractivity contribution < 1.29 is 14.2 Å². The van der Waals surface area contributed by atoms with Crippen LogP contribution in [0.15, 0.2) is 36.4 Å². The van der Waals surface area contributed by atoms with Crippen molar-refractivity contribution in [3.8, 4) is 11.5 Å². The zero-order valence-corrected chi connectivity index (χ0v) is 15.3. The molecular weight excluding hydrogens is 314 g/mol. The van der Waals surface area contributed by atoms with Gasteiger partial charge in [0.25, 0.3) is 0 Å². The maximum Gasteiger partial charge on any atom is 0.188 e. The Kier molecular flexibility index (Phi) is 5.82. The Hall–Kier alpha value is -2.20. The molecule has 134 valence electrons. The number of anilines is 1. The van der Waals surface area contributed by atoms with Crippen molar-refractivity contribution in [1.82, 2.24) is 0 Å². The normalized spacial score (nSPS) is 16.2. The molecule has 1 aliphatic carbocycles. The molecule has 0 unspecified atom stereocenters. The van der Waals surface area contributed by atoms with Gasteiger partial charge in [0.2, 0.25) is 0 Å². The molecule has 3 rings (SSSR count). The lowest BCUT2D eigenvalue weighted by Crippen LogP contribution is -2.15. The zero-order chi connectivity index (χ0) is 17.6. The van der Waals surface area contributed by atoms with Gasteiger partial charge in [-0.2, -0.15) is 0 Å². The molecule has 2 aromatic rings. The highest BCUT2D eigenvalue weighted by atomic mass is 16.7. The summed E-state index contributed by atoms with van der Waals surface area (Å²) < 4.78 is 15.9. The van der Waals surface area contributed by atoms with Gasteiger partial charge in [0, 0.05) is 25.4 Å². The minimum Gasteiger partial charge on any atom is -0.497 e. The summed E-state index contributed by atoms with van der Waals surface area (Å²) in [5.74, 6) is 2.31. The number of hydrogen-bond acceptors (Lipinski definition) is 4. The quantitative estimate of drug-likeness (QED) is 0.759. The van der Waals surface area contributed by atoms with Gasteiger partial charge in [-0.15, -0.1) is 0 Å². The van der Waals surface area contributed by atoms with E-state index in [-0.39, 0.29) is 0 Å². The van der Waals surface area contributed by atoms with E-state index in [1.807, 2.05) is 6.07 Å². The molecule has 1 N–H and O–H groups in total. The summed E-state index contributed by atoms with van der Waals surface area (Å²) in [6.07, 6.45) is 3.28. The van der Waals surface area contributed by atoms with E-state index in [2.05, 4.69) is 42.6 Å². The minimum absolute atomic E-state index is 0.291. The molecule has 0 saturated carbocycles. The lowest BCUT2D eigenvalue weighted by Gasteiger charge is -2.27. The summed E-state index contributed by atoms with van der Waals surface area (Å²) in [4.78, 5) is 0. The Morgan fingerprint density at radius 3 is 2.64 bits per heavy atom. The van der Waals surface area contributed by atoms with E-state index in [0.29, 0.717) is 12.7 Å². The first-order valence-electron chi connectivity index (χ1n) is 8.90. The molecule has 0 aliphatic heterocycles. The van der Waals surface area contributed by atoms with E-state index in [0.717, 1.165) is 37.3 Å². The Labute approximate surface area is 150 Å². The van der Waals surface area contributed by atoms with E-state index in [1.165, 1.54) is 22.4 Å². The molecule has 0 saturated heterocycles. The largest absolute Gasteiger partial charge is 0.497 e. The number of nitrogens with one attached hydrogen (secondary N) is 1. The standard InChI is InChI=1S/C21H27NO3/c1-4-22-21-13-18(24-3)9-10-20(21)17-6-5-16-12-19(25-14-23-2)8-7-15(16)11-17/h7-10,12-13,17,22H,4-6,11,14H2,1-3H3/t17-/m1/s1. The highest BCUT2D eigenvalue weighted by Crippen LogP contribution is 2.38. The zero-order valence-electron chi connectivity index (χ0n) is 15.3. The number of fused-ring (bicyclic) bond motifs is 1. The van der Waals surface area contributed by atoms with E-state index in [9.17, 15) is 0 Å². The monoisotopic (exact) mass is 341 g/mol. The van der Waals surface area contributed by atoms with Crippen LogP contribution in [-0.2, 0) is 17.6 Å². The van der Waals surface area contributed by atoms with Crippen LogP contribution in [0.4, 0.5) is 5.69 Å². The van der Waals surface area contributed by atoms with E-state index < -0.39 is 0 Å². The second-order valence-corrected chi connectivity index (χ2v) is 6.40. The Balaban J connectivity index is 1.80. The van der Waals surface area contributed by atoms with Crippen LogP contribution < -0.4 is 14.8 Å². The van der Waals surface area contributed by atoms with Crippen molar-refractivity contribution >= 4 is 5.69 Å². The molecule has 1 aliphatic rings. The van der Waals surface area contributed by atoms with Crippen LogP contribution in [-0.4, -0.2) is 27.6 Å². The molecule has 1 atom stereocenters. The molecule has 0 aromatic heterocycles. The molecule has 2 aromatic carbocycles. The highest BCUT2D eigenvalue weighted by molar-refractivity contribution is 5.57. The fraction of sp³-hybridized carbons (Fsp3) is 0.429. The van der Waals surface area contributed by atoms with Gasteiger partial charge in [0.15, 0.2) is 6.79 Å². The van der Waals surface area contributed by atoms with E-state index >= 15 is 0 Å². The molecule has 0 heterocycles. The first kappa shape index (κ1) is 17.6. The number of rotatable bonds is 7. The molecule has 4 heteroatoms. The molecule has 0 fully saturated rings. The fourth-order valence-corrected chi connectivity index (χ4v) is 3.58. The van der Waals surface area contributed by atoms with Crippen LogP contribution >= 0.6 is 0 Å². The molecule has 25 heavy (non-hydrogen) atoms. The van der Waals surface area contributed by atoms with Gasteiger partial charge < -0.3 is 19.5 Å². The summed E-state index contributed by atoms with van der Waals surface area (Å²) in [7, 11) is 3.35. The summed E-state index contributed by atoms with van der Waals surface area (Å²) >= 11 is 0. The Bertz CT molecular complexity index is 714. The van der Waals surface area contributed by atoms with Gasteiger partial charge in [-0.3, -0.25) is 0 Å². The average molecular weight is 341 g/mol. The van der Waals surface area contributed by atoms with Gasteiger partial charge in [-0.1, -0.05) is 12.1 Å². The first-order chi connectivity index (χ1) is 12.2. The van der Waals surface area contributed by atoms with Gasteiger partial charge in [0.05, 0.1) is 7.11 Å². The Morgan fingerprint density at radius 1 is 1.04 bits per heavy atom. The highest BCUT2D eigenvalue weighted by Gasteiger charge is 2.23. The minimum atomic E-state index is 0.291. The van der Waals surface area contributed by atoms with Crippen molar-refractivity contribution in [2.75, 3.05) is 32.9 Å². The predicted molar refractivity (Wildman–Crippen MR) is 101 cm³/mol. The summed E-state index contributed by atoms with van der Waals surface area (Å²) in [5, 5.41) is 3.49. The number of methoxy groups -OCH3 is 2. The average Bonchev–Trinajstić information content (AvgIpc) is 2.66. The second-order valence-electron chi connectivity index (χ2n) is 6.40. The van der Waals surface area contributed by atoms with Gasteiger partial charge in [-0.25, -0.2) is 0 Å². The fourth-order valence-electron chi connectivity index (χ4n) is 3.58. The van der Waals surface area contributed by atoms with Crippen LogP contribution in [0.2, 0.25) is 0 Å². The van der Waals surface area contributed by atoms with Crippen molar-refractivity contribution in [3.63, 3.8) is 0 Å². The maximum atomic E-state index is 5.56. The summed E-state index contributed by atoms with van der Waals surface area (Å²) in [6, 6.07) is 12.8. The van der Waals surface area contributed by atoms with Crippen LogP contribution in [0, 0.1) is 0 Å². The third-order valence-electron chi connectivity index (χ3n) is 4.82. The van der Waals surface area contributed by atoms with Crippen molar-refractivity contribution in [2.45, 2.75) is 32.1 Å². The smallest absolute Gasteiger partial charge is 0.188 e.